The zero-order chi connectivity index (χ0) is 15.7. The summed E-state index contributed by atoms with van der Waals surface area (Å²) in [5.41, 5.74) is 2.20. The number of nitrogens with one attached hydrogen (secondary N) is 1. The minimum atomic E-state index is -0.183. The predicted octanol–water partition coefficient (Wildman–Crippen LogP) is 3.53. The number of carbonyl (C=O) groups is 1. The van der Waals surface area contributed by atoms with E-state index in [1.54, 1.807) is 6.08 Å². The molecule has 3 nitrogen and oxygen atoms in total. The SMILES string of the molecule is CCCN(CCC)C(=S)NC(=O)C=Cc1ccc(C)cc1. The van der Waals surface area contributed by atoms with Crippen LogP contribution in [-0.2, 0) is 4.79 Å². The second-order valence-corrected chi connectivity index (χ2v) is 5.41. The summed E-state index contributed by atoms with van der Waals surface area (Å²) in [7, 11) is 0. The van der Waals surface area contributed by atoms with Crippen molar-refractivity contribution in [2.75, 3.05) is 13.1 Å². The third kappa shape index (κ3) is 6.54. The zero-order valence-corrected chi connectivity index (χ0v) is 13.9. The van der Waals surface area contributed by atoms with Gasteiger partial charge in [0.1, 0.15) is 0 Å². The Bertz CT molecular complexity index is 488. The van der Waals surface area contributed by atoms with Crippen molar-refractivity contribution in [2.24, 2.45) is 0 Å². The highest BCUT2D eigenvalue weighted by molar-refractivity contribution is 7.80. The monoisotopic (exact) mass is 304 g/mol. The van der Waals surface area contributed by atoms with Gasteiger partial charge in [0.05, 0.1) is 0 Å². The first kappa shape index (κ1) is 17.4. The number of hydrogen-bond donors (Lipinski definition) is 1. The molecule has 0 aliphatic rings. The Morgan fingerprint density at radius 1 is 1.19 bits per heavy atom. The van der Waals surface area contributed by atoms with Crippen molar-refractivity contribution in [3.05, 3.63) is 41.5 Å². The summed E-state index contributed by atoms with van der Waals surface area (Å²) >= 11 is 5.29. The van der Waals surface area contributed by atoms with E-state index in [2.05, 4.69) is 19.2 Å². The lowest BCUT2D eigenvalue weighted by atomic mass is 10.1. The molecule has 0 aliphatic carbocycles. The molecule has 0 unspecified atom stereocenters. The average molecular weight is 304 g/mol. The highest BCUT2D eigenvalue weighted by Crippen LogP contribution is 2.04. The summed E-state index contributed by atoms with van der Waals surface area (Å²) in [6, 6.07) is 8.01. The average Bonchev–Trinajstić information content (AvgIpc) is 2.46. The lowest BCUT2D eigenvalue weighted by Crippen LogP contribution is -2.42. The highest BCUT2D eigenvalue weighted by atomic mass is 32.1. The molecule has 114 valence electrons. The lowest BCUT2D eigenvalue weighted by molar-refractivity contribution is -0.115. The number of aryl methyl sites for hydroxylation is 1. The van der Waals surface area contributed by atoms with Crippen LogP contribution in [0.3, 0.4) is 0 Å². The van der Waals surface area contributed by atoms with Crippen molar-refractivity contribution in [2.45, 2.75) is 33.6 Å². The first-order valence-corrected chi connectivity index (χ1v) is 7.82. The van der Waals surface area contributed by atoms with E-state index in [4.69, 9.17) is 12.2 Å². The standard InChI is InChI=1S/C17H24N2OS/c1-4-12-19(13-5-2)17(21)18-16(20)11-10-15-8-6-14(3)7-9-15/h6-11H,4-5,12-13H2,1-3H3,(H,18,20,21). The lowest BCUT2D eigenvalue weighted by Gasteiger charge is -2.23. The molecule has 0 atom stereocenters. The van der Waals surface area contributed by atoms with Crippen LogP contribution in [0.4, 0.5) is 0 Å². The maximum absolute atomic E-state index is 11.9. The first-order valence-electron chi connectivity index (χ1n) is 7.41. The van der Waals surface area contributed by atoms with Crippen LogP contribution >= 0.6 is 12.2 Å². The van der Waals surface area contributed by atoms with E-state index < -0.39 is 0 Å². The van der Waals surface area contributed by atoms with Crippen molar-refractivity contribution in [3.8, 4) is 0 Å². The van der Waals surface area contributed by atoms with Gasteiger partial charge in [-0.3, -0.25) is 10.1 Å². The molecule has 0 spiro atoms. The van der Waals surface area contributed by atoms with Crippen LogP contribution in [0, 0.1) is 6.92 Å². The van der Waals surface area contributed by atoms with E-state index in [0.717, 1.165) is 31.5 Å². The molecule has 1 rings (SSSR count). The Balaban J connectivity index is 2.55. The molecule has 1 aromatic carbocycles. The minimum absolute atomic E-state index is 0.183. The van der Waals surface area contributed by atoms with Crippen molar-refractivity contribution >= 4 is 29.3 Å². The van der Waals surface area contributed by atoms with Crippen LogP contribution in [0.25, 0.3) is 6.08 Å². The molecule has 0 saturated carbocycles. The van der Waals surface area contributed by atoms with Crippen molar-refractivity contribution in [1.29, 1.82) is 0 Å². The molecular weight excluding hydrogens is 280 g/mol. The maximum Gasteiger partial charge on any atom is 0.250 e. The predicted molar refractivity (Wildman–Crippen MR) is 93.1 cm³/mol. The highest BCUT2D eigenvalue weighted by Gasteiger charge is 2.09. The number of hydrogen-bond acceptors (Lipinski definition) is 2. The van der Waals surface area contributed by atoms with Crippen LogP contribution in [0.15, 0.2) is 30.3 Å². The van der Waals surface area contributed by atoms with Gasteiger partial charge in [0.25, 0.3) is 0 Å². The molecule has 0 saturated heterocycles. The smallest absolute Gasteiger partial charge is 0.250 e. The Kier molecular flexibility index (Phi) is 7.69. The molecule has 0 fully saturated rings. The normalized spacial score (nSPS) is 10.6. The summed E-state index contributed by atoms with van der Waals surface area (Å²) in [6.45, 7) is 7.98. The van der Waals surface area contributed by atoms with Gasteiger partial charge < -0.3 is 4.90 Å². The topological polar surface area (TPSA) is 32.3 Å². The summed E-state index contributed by atoms with van der Waals surface area (Å²) in [5.74, 6) is -0.183. The summed E-state index contributed by atoms with van der Waals surface area (Å²) < 4.78 is 0. The number of carbonyl (C=O) groups excluding carboxylic acids is 1. The fourth-order valence-electron chi connectivity index (χ4n) is 1.93. The third-order valence-corrected chi connectivity index (χ3v) is 3.37. The van der Waals surface area contributed by atoms with Gasteiger partial charge in [-0.2, -0.15) is 0 Å². The third-order valence-electron chi connectivity index (χ3n) is 3.01. The minimum Gasteiger partial charge on any atom is -0.349 e. The van der Waals surface area contributed by atoms with Gasteiger partial charge in [-0.15, -0.1) is 0 Å². The van der Waals surface area contributed by atoms with Crippen LogP contribution < -0.4 is 5.32 Å². The van der Waals surface area contributed by atoms with Crippen molar-refractivity contribution < 1.29 is 4.79 Å². The molecule has 0 aromatic heterocycles. The second-order valence-electron chi connectivity index (χ2n) is 5.03. The summed E-state index contributed by atoms with van der Waals surface area (Å²) in [5, 5.41) is 3.27. The molecule has 1 N–H and O–H groups in total. The molecular formula is C17H24N2OS. The molecule has 0 bridgehead atoms. The first-order chi connectivity index (χ1) is 10.1. The summed E-state index contributed by atoms with van der Waals surface area (Å²) in [4.78, 5) is 13.9. The Hall–Kier alpha value is -1.68. The van der Waals surface area contributed by atoms with Gasteiger partial charge in [-0.05, 0) is 43.6 Å². The van der Waals surface area contributed by atoms with Gasteiger partial charge in [0.2, 0.25) is 5.91 Å². The number of amides is 1. The Morgan fingerprint density at radius 3 is 2.29 bits per heavy atom. The molecule has 0 radical (unpaired) electrons. The quantitative estimate of drug-likeness (QED) is 0.644. The zero-order valence-electron chi connectivity index (χ0n) is 13.1. The van der Waals surface area contributed by atoms with Gasteiger partial charge in [0.15, 0.2) is 5.11 Å². The van der Waals surface area contributed by atoms with Gasteiger partial charge in [-0.25, -0.2) is 0 Å². The van der Waals surface area contributed by atoms with Crippen molar-refractivity contribution in [3.63, 3.8) is 0 Å². The van der Waals surface area contributed by atoms with Gasteiger partial charge >= 0.3 is 0 Å². The van der Waals surface area contributed by atoms with Crippen molar-refractivity contribution in [1.82, 2.24) is 10.2 Å². The van der Waals surface area contributed by atoms with E-state index in [9.17, 15) is 4.79 Å². The molecule has 0 aliphatic heterocycles. The molecule has 1 amide bonds. The molecule has 0 heterocycles. The Labute approximate surface area is 133 Å². The largest absolute Gasteiger partial charge is 0.349 e. The van der Waals surface area contributed by atoms with E-state index >= 15 is 0 Å². The summed E-state index contributed by atoms with van der Waals surface area (Å²) in [6.07, 6.45) is 5.33. The van der Waals surface area contributed by atoms with E-state index in [-0.39, 0.29) is 5.91 Å². The fourth-order valence-corrected chi connectivity index (χ4v) is 2.21. The van der Waals surface area contributed by atoms with E-state index in [1.807, 2.05) is 36.1 Å². The maximum atomic E-state index is 11.9. The van der Waals surface area contributed by atoms with Gasteiger partial charge in [-0.1, -0.05) is 43.7 Å². The molecule has 1 aromatic rings. The number of nitrogens with zero attached hydrogens (tertiary/aromatic N) is 1. The van der Waals surface area contributed by atoms with Crippen LogP contribution in [-0.4, -0.2) is 29.0 Å². The van der Waals surface area contributed by atoms with E-state index in [1.165, 1.54) is 11.6 Å². The molecule has 21 heavy (non-hydrogen) atoms. The van der Waals surface area contributed by atoms with Crippen LogP contribution in [0.1, 0.15) is 37.8 Å². The number of rotatable bonds is 6. The number of benzene rings is 1. The second kappa shape index (κ2) is 9.29. The van der Waals surface area contributed by atoms with E-state index in [0.29, 0.717) is 5.11 Å². The van der Waals surface area contributed by atoms with Crippen LogP contribution in [0.2, 0.25) is 0 Å². The molecule has 4 heteroatoms. The Morgan fingerprint density at radius 2 is 1.76 bits per heavy atom. The van der Waals surface area contributed by atoms with Crippen LogP contribution in [0.5, 0.6) is 0 Å². The fraction of sp³-hybridized carbons (Fsp3) is 0.412. The number of thiocarbonyl (C=S) groups is 1. The van der Waals surface area contributed by atoms with Gasteiger partial charge in [0, 0.05) is 19.2 Å².